The van der Waals surface area contributed by atoms with Crippen molar-refractivity contribution in [2.75, 3.05) is 0 Å². The monoisotopic (exact) mass is 272 g/mol. The normalized spacial score (nSPS) is 17.4. The van der Waals surface area contributed by atoms with Crippen LogP contribution < -0.4 is 4.74 Å². The molecule has 0 saturated carbocycles. The predicted octanol–water partition coefficient (Wildman–Crippen LogP) is 5.02. The fraction of sp³-hybridized carbons (Fsp3) is 0.294. The van der Waals surface area contributed by atoms with Gasteiger partial charge in [0.05, 0.1) is 0 Å². The third-order valence-electron chi connectivity index (χ3n) is 3.75. The average Bonchev–Trinajstić information content (AvgIpc) is 2.54. The lowest BCUT2D eigenvalue weighted by Gasteiger charge is -2.22. The molecule has 0 N–H and O–H groups in total. The van der Waals surface area contributed by atoms with Gasteiger partial charge in [-0.25, -0.2) is 0 Å². The number of hydrogen-bond donors (Lipinski definition) is 0. The van der Waals surface area contributed by atoms with E-state index in [-0.39, 0.29) is 0 Å². The fourth-order valence-corrected chi connectivity index (χ4v) is 3.08. The largest absolute Gasteiger partial charge is 0.489 e. The third kappa shape index (κ3) is 2.23. The Balaban J connectivity index is 2.23. The van der Waals surface area contributed by atoms with Gasteiger partial charge in [0.2, 0.25) is 0 Å². The van der Waals surface area contributed by atoms with Crippen LogP contribution in [0, 0.1) is 5.92 Å². The van der Waals surface area contributed by atoms with Crippen LogP contribution in [0.2, 0.25) is 5.02 Å². The summed E-state index contributed by atoms with van der Waals surface area (Å²) in [6.45, 7) is 5.13. The van der Waals surface area contributed by atoms with Crippen LogP contribution in [-0.4, -0.2) is 0 Å². The molecule has 0 aromatic heterocycles. The van der Waals surface area contributed by atoms with Crippen molar-refractivity contribution in [3.8, 4) is 5.75 Å². The molecule has 1 aliphatic rings. The number of ether oxygens (including phenoxy) is 1. The summed E-state index contributed by atoms with van der Waals surface area (Å²) in [7, 11) is 0. The minimum atomic E-state index is 0.340. The van der Waals surface area contributed by atoms with Crippen LogP contribution in [0.4, 0.5) is 0 Å². The SMILES string of the molecule is CC(C)C1c2ccccc2COc2ccc(Cl)cc21. The van der Waals surface area contributed by atoms with E-state index in [0.717, 1.165) is 10.8 Å². The second-order valence-corrected chi connectivity index (χ2v) is 5.83. The van der Waals surface area contributed by atoms with Crippen molar-refractivity contribution in [1.82, 2.24) is 0 Å². The molecule has 0 amide bonds. The van der Waals surface area contributed by atoms with E-state index in [0.29, 0.717) is 18.4 Å². The molecule has 2 heteroatoms. The second-order valence-electron chi connectivity index (χ2n) is 5.39. The molecule has 1 unspecified atom stereocenters. The lowest BCUT2D eigenvalue weighted by Crippen LogP contribution is -2.09. The molecule has 2 aromatic rings. The van der Waals surface area contributed by atoms with E-state index in [1.165, 1.54) is 16.7 Å². The van der Waals surface area contributed by atoms with Crippen molar-refractivity contribution < 1.29 is 4.74 Å². The Hall–Kier alpha value is -1.47. The molecule has 0 bridgehead atoms. The number of hydrogen-bond acceptors (Lipinski definition) is 1. The van der Waals surface area contributed by atoms with Crippen LogP contribution in [0.15, 0.2) is 42.5 Å². The summed E-state index contributed by atoms with van der Waals surface area (Å²) in [6, 6.07) is 14.5. The van der Waals surface area contributed by atoms with Crippen molar-refractivity contribution in [2.24, 2.45) is 5.92 Å². The number of rotatable bonds is 1. The predicted molar refractivity (Wildman–Crippen MR) is 78.9 cm³/mol. The van der Waals surface area contributed by atoms with Gasteiger partial charge in [-0.15, -0.1) is 0 Å². The van der Waals surface area contributed by atoms with Gasteiger partial charge in [-0.1, -0.05) is 49.7 Å². The zero-order valence-electron chi connectivity index (χ0n) is 11.2. The molecule has 1 atom stereocenters. The number of halogens is 1. The molecule has 0 spiro atoms. The van der Waals surface area contributed by atoms with Crippen molar-refractivity contribution >= 4 is 11.6 Å². The van der Waals surface area contributed by atoms with Gasteiger partial charge < -0.3 is 4.74 Å². The maximum absolute atomic E-state index is 6.17. The quantitative estimate of drug-likeness (QED) is 0.708. The Morgan fingerprint density at radius 1 is 1.11 bits per heavy atom. The van der Waals surface area contributed by atoms with Crippen molar-refractivity contribution in [3.05, 3.63) is 64.2 Å². The highest BCUT2D eigenvalue weighted by molar-refractivity contribution is 6.30. The molecule has 1 aliphatic heterocycles. The summed E-state index contributed by atoms with van der Waals surface area (Å²) < 4.78 is 5.95. The van der Waals surface area contributed by atoms with Crippen molar-refractivity contribution in [1.29, 1.82) is 0 Å². The highest BCUT2D eigenvalue weighted by Crippen LogP contribution is 2.42. The highest BCUT2D eigenvalue weighted by Gasteiger charge is 2.27. The third-order valence-corrected chi connectivity index (χ3v) is 3.98. The number of benzene rings is 2. The molecule has 19 heavy (non-hydrogen) atoms. The van der Waals surface area contributed by atoms with Crippen LogP contribution >= 0.6 is 11.6 Å². The van der Waals surface area contributed by atoms with Crippen LogP contribution in [0.25, 0.3) is 0 Å². The van der Waals surface area contributed by atoms with E-state index in [9.17, 15) is 0 Å². The summed E-state index contributed by atoms with van der Waals surface area (Å²) in [5, 5.41) is 0.771. The van der Waals surface area contributed by atoms with Gasteiger partial charge in [-0.3, -0.25) is 0 Å². The zero-order valence-corrected chi connectivity index (χ0v) is 11.9. The summed E-state index contributed by atoms with van der Waals surface area (Å²) in [5.41, 5.74) is 3.83. The van der Waals surface area contributed by atoms with Crippen molar-refractivity contribution in [3.63, 3.8) is 0 Å². The van der Waals surface area contributed by atoms with Gasteiger partial charge in [-0.2, -0.15) is 0 Å². The van der Waals surface area contributed by atoms with E-state index >= 15 is 0 Å². The van der Waals surface area contributed by atoms with E-state index in [1.807, 2.05) is 18.2 Å². The highest BCUT2D eigenvalue weighted by atomic mass is 35.5. The molecule has 0 aliphatic carbocycles. The van der Waals surface area contributed by atoms with Crippen LogP contribution in [0.3, 0.4) is 0 Å². The Morgan fingerprint density at radius 3 is 2.68 bits per heavy atom. The molecular formula is C17H17ClO. The Labute approximate surface area is 119 Å². The Kier molecular flexibility index (Phi) is 3.24. The van der Waals surface area contributed by atoms with Gasteiger partial charge in [-0.05, 0) is 35.2 Å². The molecular weight excluding hydrogens is 256 g/mol. The van der Waals surface area contributed by atoms with E-state index in [2.05, 4.69) is 38.1 Å². The minimum absolute atomic E-state index is 0.340. The van der Waals surface area contributed by atoms with E-state index in [4.69, 9.17) is 16.3 Å². The summed E-state index contributed by atoms with van der Waals surface area (Å²) in [6.07, 6.45) is 0. The summed E-state index contributed by atoms with van der Waals surface area (Å²) in [5.74, 6) is 1.80. The fourth-order valence-electron chi connectivity index (χ4n) is 2.90. The van der Waals surface area contributed by atoms with Crippen molar-refractivity contribution in [2.45, 2.75) is 26.4 Å². The van der Waals surface area contributed by atoms with Gasteiger partial charge in [0.15, 0.2) is 0 Å². The first-order chi connectivity index (χ1) is 9.16. The molecule has 2 aromatic carbocycles. The lowest BCUT2D eigenvalue weighted by molar-refractivity contribution is 0.306. The zero-order chi connectivity index (χ0) is 13.4. The minimum Gasteiger partial charge on any atom is -0.489 e. The average molecular weight is 273 g/mol. The van der Waals surface area contributed by atoms with Crippen LogP contribution in [0.5, 0.6) is 5.75 Å². The molecule has 0 radical (unpaired) electrons. The topological polar surface area (TPSA) is 9.23 Å². The summed E-state index contributed by atoms with van der Waals surface area (Å²) >= 11 is 6.17. The van der Waals surface area contributed by atoms with Gasteiger partial charge >= 0.3 is 0 Å². The van der Waals surface area contributed by atoms with Gasteiger partial charge in [0.25, 0.3) is 0 Å². The molecule has 3 rings (SSSR count). The maximum Gasteiger partial charge on any atom is 0.123 e. The molecule has 0 fully saturated rings. The first-order valence-corrected chi connectivity index (χ1v) is 7.04. The number of fused-ring (bicyclic) bond motifs is 2. The first-order valence-electron chi connectivity index (χ1n) is 6.67. The van der Waals surface area contributed by atoms with E-state index in [1.54, 1.807) is 0 Å². The van der Waals surface area contributed by atoms with Gasteiger partial charge in [0.1, 0.15) is 12.4 Å². The summed E-state index contributed by atoms with van der Waals surface area (Å²) in [4.78, 5) is 0. The van der Waals surface area contributed by atoms with Crippen LogP contribution in [-0.2, 0) is 6.61 Å². The van der Waals surface area contributed by atoms with Gasteiger partial charge in [0, 0.05) is 16.5 Å². The van der Waals surface area contributed by atoms with Crippen LogP contribution in [0.1, 0.15) is 36.5 Å². The Morgan fingerprint density at radius 2 is 1.89 bits per heavy atom. The molecule has 1 heterocycles. The molecule has 1 nitrogen and oxygen atoms in total. The smallest absolute Gasteiger partial charge is 0.123 e. The molecule has 98 valence electrons. The second kappa shape index (κ2) is 4.90. The first kappa shape index (κ1) is 12.6. The van der Waals surface area contributed by atoms with E-state index < -0.39 is 0 Å². The molecule has 0 saturated heterocycles. The Bertz CT molecular complexity index is 604. The lowest BCUT2D eigenvalue weighted by atomic mass is 9.81. The standard InChI is InChI=1S/C17H17ClO/c1-11(2)17-14-6-4-3-5-12(14)10-19-16-8-7-13(18)9-15(16)17/h3-9,11,17H,10H2,1-2H3. The maximum atomic E-state index is 6.17.